The van der Waals surface area contributed by atoms with Crippen LogP contribution >= 0.6 is 0 Å². The average molecular weight is 306 g/mol. The fourth-order valence-corrected chi connectivity index (χ4v) is 6.43. The van der Waals surface area contributed by atoms with Gasteiger partial charge >= 0.3 is 0 Å². The van der Waals surface area contributed by atoms with Gasteiger partial charge in [0, 0.05) is 24.7 Å². The Morgan fingerprint density at radius 1 is 0.955 bits per heavy atom. The maximum atomic E-state index is 12.3. The Balaban J connectivity index is 1.69. The van der Waals surface area contributed by atoms with Crippen LogP contribution in [0.25, 0.3) is 0 Å². The highest BCUT2D eigenvalue weighted by molar-refractivity contribution is 5.87. The molecule has 4 rings (SSSR count). The third-order valence-corrected chi connectivity index (χ3v) is 7.73. The Morgan fingerprint density at radius 2 is 1.73 bits per heavy atom. The lowest BCUT2D eigenvalue weighted by atomic mass is 9.47. The molecule has 0 aliphatic heterocycles. The molecule has 2 unspecified atom stereocenters. The van der Waals surface area contributed by atoms with Crippen molar-refractivity contribution in [3.63, 3.8) is 0 Å². The Labute approximate surface area is 131 Å². The maximum absolute atomic E-state index is 12.3. The molecule has 0 radical (unpaired) electrons. The van der Waals surface area contributed by atoms with Gasteiger partial charge in [0.25, 0.3) is 0 Å². The number of ketones is 2. The molecule has 0 heterocycles. The summed E-state index contributed by atoms with van der Waals surface area (Å²) in [5, 5.41) is 22.3. The standard InChI is InChI=1S/C18H26O4/c1-16-7-6-14-12(13(16)2-3-15(16)20)5-8-17(21)10-11(19)4-9-18(14,17)22/h12-14,21-22H,2-10H2,1H3/t12-,13-,14-,16-,17?,18?/m0/s1. The highest BCUT2D eigenvalue weighted by Crippen LogP contribution is 2.63. The molecule has 122 valence electrons. The van der Waals surface area contributed by atoms with Gasteiger partial charge in [0.2, 0.25) is 0 Å². The van der Waals surface area contributed by atoms with E-state index >= 15 is 0 Å². The molecule has 22 heavy (non-hydrogen) atoms. The molecule has 0 saturated heterocycles. The van der Waals surface area contributed by atoms with E-state index in [4.69, 9.17) is 0 Å². The van der Waals surface area contributed by atoms with Crippen molar-refractivity contribution in [3.8, 4) is 0 Å². The Hall–Kier alpha value is -0.740. The van der Waals surface area contributed by atoms with Crippen LogP contribution in [0.2, 0.25) is 0 Å². The van der Waals surface area contributed by atoms with E-state index in [0.29, 0.717) is 43.3 Å². The molecule has 2 N–H and O–H groups in total. The van der Waals surface area contributed by atoms with Crippen LogP contribution in [-0.2, 0) is 9.59 Å². The molecule has 4 nitrogen and oxygen atoms in total. The second-order valence-corrected chi connectivity index (χ2v) is 8.50. The van der Waals surface area contributed by atoms with Crippen LogP contribution in [0.1, 0.15) is 64.7 Å². The molecule has 0 bridgehead atoms. The van der Waals surface area contributed by atoms with Crippen molar-refractivity contribution < 1.29 is 19.8 Å². The maximum Gasteiger partial charge on any atom is 0.139 e. The summed E-state index contributed by atoms with van der Waals surface area (Å²) in [4.78, 5) is 24.1. The Morgan fingerprint density at radius 3 is 2.50 bits per heavy atom. The lowest BCUT2D eigenvalue weighted by Crippen LogP contribution is -2.68. The van der Waals surface area contributed by atoms with Crippen LogP contribution in [0, 0.1) is 23.2 Å². The quantitative estimate of drug-likeness (QED) is 0.718. The van der Waals surface area contributed by atoms with E-state index < -0.39 is 11.2 Å². The average Bonchev–Trinajstić information content (AvgIpc) is 2.76. The van der Waals surface area contributed by atoms with Crippen molar-refractivity contribution in [1.29, 1.82) is 0 Å². The second kappa shape index (κ2) is 4.41. The van der Waals surface area contributed by atoms with Crippen LogP contribution in [0.4, 0.5) is 0 Å². The molecule has 0 aromatic carbocycles. The minimum absolute atomic E-state index is 0.0447. The lowest BCUT2D eigenvalue weighted by molar-refractivity contribution is -0.248. The summed E-state index contributed by atoms with van der Waals surface area (Å²) in [5.41, 5.74) is -2.58. The monoisotopic (exact) mass is 306 g/mol. The highest BCUT2D eigenvalue weighted by atomic mass is 16.4. The predicted octanol–water partition coefficient (Wildman–Crippen LogP) is 2.01. The van der Waals surface area contributed by atoms with E-state index in [-0.39, 0.29) is 23.5 Å². The summed E-state index contributed by atoms with van der Waals surface area (Å²) < 4.78 is 0. The number of Topliss-reactive ketones (excluding diaryl/α,β-unsaturated/α-hetero) is 2. The van der Waals surface area contributed by atoms with E-state index in [2.05, 4.69) is 6.92 Å². The van der Waals surface area contributed by atoms with E-state index in [0.717, 1.165) is 25.7 Å². The highest BCUT2D eigenvalue weighted by Gasteiger charge is 2.66. The molecule has 4 heteroatoms. The zero-order valence-electron chi connectivity index (χ0n) is 13.3. The summed E-state index contributed by atoms with van der Waals surface area (Å²) in [6.45, 7) is 2.11. The Kier molecular flexibility index (Phi) is 2.98. The molecular formula is C18H26O4. The molecular weight excluding hydrogens is 280 g/mol. The molecule has 0 amide bonds. The minimum atomic E-state index is -1.24. The Bertz CT molecular complexity index is 543. The van der Waals surface area contributed by atoms with Crippen molar-refractivity contribution in [2.45, 2.75) is 75.9 Å². The van der Waals surface area contributed by atoms with E-state index in [1.54, 1.807) is 0 Å². The molecule has 4 saturated carbocycles. The van der Waals surface area contributed by atoms with Crippen molar-refractivity contribution in [1.82, 2.24) is 0 Å². The van der Waals surface area contributed by atoms with Gasteiger partial charge in [-0.15, -0.1) is 0 Å². The molecule has 0 aromatic heterocycles. The van der Waals surface area contributed by atoms with Crippen molar-refractivity contribution in [3.05, 3.63) is 0 Å². The van der Waals surface area contributed by atoms with Crippen LogP contribution < -0.4 is 0 Å². The largest absolute Gasteiger partial charge is 0.387 e. The predicted molar refractivity (Wildman–Crippen MR) is 80.0 cm³/mol. The van der Waals surface area contributed by atoms with Gasteiger partial charge in [-0.05, 0) is 56.3 Å². The van der Waals surface area contributed by atoms with E-state index in [9.17, 15) is 19.8 Å². The fraction of sp³-hybridized carbons (Fsp3) is 0.889. The van der Waals surface area contributed by atoms with Gasteiger partial charge in [-0.1, -0.05) is 6.92 Å². The first-order chi connectivity index (χ1) is 10.3. The smallest absolute Gasteiger partial charge is 0.139 e. The first-order valence-electron chi connectivity index (χ1n) is 8.80. The lowest BCUT2D eigenvalue weighted by Gasteiger charge is -2.61. The number of rotatable bonds is 0. The first-order valence-corrected chi connectivity index (χ1v) is 8.80. The summed E-state index contributed by atoms with van der Waals surface area (Å²) in [6, 6.07) is 0. The topological polar surface area (TPSA) is 74.6 Å². The minimum Gasteiger partial charge on any atom is -0.387 e. The zero-order valence-corrected chi connectivity index (χ0v) is 13.3. The van der Waals surface area contributed by atoms with Crippen LogP contribution in [0.3, 0.4) is 0 Å². The third kappa shape index (κ3) is 1.66. The van der Waals surface area contributed by atoms with Crippen molar-refractivity contribution in [2.75, 3.05) is 0 Å². The fourth-order valence-electron chi connectivity index (χ4n) is 6.43. The van der Waals surface area contributed by atoms with Crippen molar-refractivity contribution in [2.24, 2.45) is 23.2 Å². The molecule has 4 aliphatic rings. The molecule has 0 aromatic rings. The summed E-state index contributed by atoms with van der Waals surface area (Å²) in [6.07, 6.45) is 5.44. The number of fused-ring (bicyclic) bond motifs is 5. The summed E-state index contributed by atoms with van der Waals surface area (Å²) in [7, 11) is 0. The number of hydrogen-bond acceptors (Lipinski definition) is 4. The van der Waals surface area contributed by atoms with E-state index in [1.165, 1.54) is 0 Å². The second-order valence-electron chi connectivity index (χ2n) is 8.50. The summed E-state index contributed by atoms with van der Waals surface area (Å²) in [5.74, 6) is 1.18. The first kappa shape index (κ1) is 14.8. The summed E-state index contributed by atoms with van der Waals surface area (Å²) >= 11 is 0. The van der Waals surface area contributed by atoms with E-state index in [1.807, 2.05) is 0 Å². The number of aliphatic hydroxyl groups is 2. The molecule has 4 aliphatic carbocycles. The van der Waals surface area contributed by atoms with Gasteiger partial charge in [-0.3, -0.25) is 9.59 Å². The molecule has 0 spiro atoms. The van der Waals surface area contributed by atoms with Crippen LogP contribution in [-0.4, -0.2) is 33.0 Å². The molecule has 4 fully saturated rings. The van der Waals surface area contributed by atoms with Gasteiger partial charge in [0.1, 0.15) is 17.2 Å². The third-order valence-electron chi connectivity index (χ3n) is 7.73. The number of carbonyl (C=O) groups excluding carboxylic acids is 2. The van der Waals surface area contributed by atoms with Gasteiger partial charge in [0.05, 0.1) is 5.60 Å². The van der Waals surface area contributed by atoms with Gasteiger partial charge in [0.15, 0.2) is 0 Å². The normalized spacial score (nSPS) is 54.6. The zero-order chi connectivity index (χ0) is 15.8. The van der Waals surface area contributed by atoms with Gasteiger partial charge < -0.3 is 10.2 Å². The van der Waals surface area contributed by atoms with Crippen molar-refractivity contribution >= 4 is 11.6 Å². The SMILES string of the molecule is C[C@]12CC[C@H]3[C@@H](CCC4(O)CC(=O)CCC34O)[C@@H]1CCC2=O. The number of carbonyl (C=O) groups is 2. The van der Waals surface area contributed by atoms with Gasteiger partial charge in [-0.2, -0.15) is 0 Å². The van der Waals surface area contributed by atoms with Crippen LogP contribution in [0.5, 0.6) is 0 Å². The number of hydrogen-bond donors (Lipinski definition) is 2. The van der Waals surface area contributed by atoms with Gasteiger partial charge in [-0.25, -0.2) is 0 Å². The molecule has 6 atom stereocenters. The van der Waals surface area contributed by atoms with Crippen LogP contribution in [0.15, 0.2) is 0 Å².